The quantitative estimate of drug-likeness (QED) is 0.0136. The average Bonchev–Trinajstić information content (AvgIpc) is 3.29. The van der Waals surface area contributed by atoms with Crippen LogP contribution in [0.1, 0.15) is 77.7 Å². The van der Waals surface area contributed by atoms with Crippen LogP contribution >= 0.6 is 12.6 Å². The van der Waals surface area contributed by atoms with Crippen molar-refractivity contribution in [1.29, 1.82) is 0 Å². The largest absolute Gasteiger partial charge is 0.481 e. The summed E-state index contributed by atoms with van der Waals surface area (Å²) in [6.07, 6.45) is -1.85. The van der Waals surface area contributed by atoms with Crippen LogP contribution in [0.25, 0.3) is 0 Å². The van der Waals surface area contributed by atoms with E-state index in [1.54, 1.807) is 44.2 Å². The van der Waals surface area contributed by atoms with Gasteiger partial charge in [0.25, 0.3) is 0 Å². The number of carboxylic acid groups (broad SMARTS) is 3. The molecule has 28 heteroatoms. The van der Waals surface area contributed by atoms with Crippen LogP contribution in [0, 0.1) is 5.92 Å². The number of nitrogens with one attached hydrogen (secondary N) is 7. The molecule has 1 aromatic rings. The lowest BCUT2D eigenvalue weighted by Gasteiger charge is -2.29. The van der Waals surface area contributed by atoms with Crippen molar-refractivity contribution in [3.8, 4) is 0 Å². The number of guanidine groups is 2. The lowest BCUT2D eigenvalue weighted by molar-refractivity contribution is -0.147. The van der Waals surface area contributed by atoms with Crippen molar-refractivity contribution in [1.82, 2.24) is 37.2 Å². The molecule has 0 heterocycles. The molecule has 0 radical (unpaired) electrons. The maximum atomic E-state index is 14.3. The van der Waals surface area contributed by atoms with Crippen molar-refractivity contribution < 1.29 is 63.3 Å². The molecule has 0 aliphatic rings. The van der Waals surface area contributed by atoms with Crippen LogP contribution in [-0.2, 0) is 54.4 Å². The molecule has 0 spiro atoms. The van der Waals surface area contributed by atoms with E-state index in [4.69, 9.17) is 28.7 Å². The van der Waals surface area contributed by atoms with E-state index in [1.165, 1.54) is 6.92 Å². The maximum Gasteiger partial charge on any atom is 0.326 e. The Morgan fingerprint density at radius 1 is 0.571 bits per heavy atom. The molecule has 0 unspecified atom stereocenters. The Morgan fingerprint density at radius 3 is 1.46 bits per heavy atom. The van der Waals surface area contributed by atoms with Crippen LogP contribution in [0.3, 0.4) is 0 Å². The first-order valence-corrected chi connectivity index (χ1v) is 22.8. The summed E-state index contributed by atoms with van der Waals surface area (Å²) in [7, 11) is 0. The molecule has 390 valence electrons. The maximum absolute atomic E-state index is 14.3. The van der Waals surface area contributed by atoms with Gasteiger partial charge in [-0.2, -0.15) is 12.6 Å². The molecule has 0 aliphatic heterocycles. The normalized spacial score (nSPS) is 14.6. The van der Waals surface area contributed by atoms with Gasteiger partial charge in [0.2, 0.25) is 41.4 Å². The molecule has 0 fully saturated rings. The fourth-order valence-corrected chi connectivity index (χ4v) is 6.58. The molecule has 1 rings (SSSR count). The number of nitrogens with two attached hydrogens (primary N) is 5. The monoisotopic (exact) mass is 1010 g/mol. The van der Waals surface area contributed by atoms with Gasteiger partial charge in [-0.05, 0) is 50.5 Å². The first-order valence-electron chi connectivity index (χ1n) is 22.2. The number of benzene rings is 1. The number of hydrogen-bond acceptors (Lipinski definition) is 14. The van der Waals surface area contributed by atoms with E-state index in [0.29, 0.717) is 5.56 Å². The number of amides is 7. The Balaban J connectivity index is 3.60. The zero-order valence-electron chi connectivity index (χ0n) is 39.2. The molecule has 0 bridgehead atoms. The molecule has 20 N–H and O–H groups in total. The fourth-order valence-electron chi connectivity index (χ4n) is 6.32. The number of carboxylic acids is 3. The lowest BCUT2D eigenvalue weighted by Crippen LogP contribution is -2.61. The highest BCUT2D eigenvalue weighted by Crippen LogP contribution is 2.13. The first kappa shape index (κ1) is 60.8. The smallest absolute Gasteiger partial charge is 0.326 e. The van der Waals surface area contributed by atoms with Crippen LogP contribution in [0.5, 0.6) is 0 Å². The number of carbonyl (C=O) groups excluding carboxylic acids is 7. The molecule has 7 amide bonds. The van der Waals surface area contributed by atoms with E-state index in [2.05, 4.69) is 59.8 Å². The van der Waals surface area contributed by atoms with Gasteiger partial charge in [0.1, 0.15) is 42.3 Å². The van der Waals surface area contributed by atoms with Crippen molar-refractivity contribution in [2.45, 2.75) is 127 Å². The molecule has 27 nitrogen and oxygen atoms in total. The minimum atomic E-state index is -1.86. The summed E-state index contributed by atoms with van der Waals surface area (Å²) in [5.74, 6) is -12.3. The summed E-state index contributed by atoms with van der Waals surface area (Å²) >= 11 is 4.20. The van der Waals surface area contributed by atoms with Gasteiger partial charge >= 0.3 is 17.9 Å². The van der Waals surface area contributed by atoms with E-state index in [1.807, 2.05) is 0 Å². The van der Waals surface area contributed by atoms with Crippen molar-refractivity contribution in [2.75, 3.05) is 18.8 Å². The Labute approximate surface area is 409 Å². The van der Waals surface area contributed by atoms with Gasteiger partial charge in [-0.15, -0.1) is 0 Å². The second-order valence-electron chi connectivity index (χ2n) is 16.2. The standard InChI is InChI=1S/C42H68N14O13S/c1-4-21(2)32(39(67)52-24(12-8-16-48-41(44)45)34(62)54-28(40(68)69)19-31(59)60)56-36(64)25(13-9-17-49-42(46)47)51-37(65)27(18-23-10-6-5-7-11-23)53-38(66)29(20-70)55-35(63)26(14-15-30(57)58)50-33(61)22(3)43/h5-7,10-11,21-22,24-29,32,70H,4,8-9,12-20,43H2,1-3H3,(H,50,61)(H,51,65)(H,52,67)(H,53,66)(H,54,62)(H,55,63)(H,56,64)(H,57,58)(H,59,60)(H,68,69)(H4,44,45,48)(H4,46,47,49)/t21-,22-,24-,25-,26-,27-,28-,29-,32-/m0/s1. The molecular weight excluding hydrogens is 941 g/mol. The Hall–Kier alpha value is -7.23. The molecule has 0 saturated heterocycles. The summed E-state index contributed by atoms with van der Waals surface area (Å²) in [6, 6.07) is -3.15. The topological polar surface area (TPSA) is 470 Å². The van der Waals surface area contributed by atoms with Gasteiger partial charge < -0.3 is 81.2 Å². The average molecular weight is 1010 g/mol. The third-order valence-electron chi connectivity index (χ3n) is 10.4. The number of hydrogen-bond donors (Lipinski definition) is 16. The van der Waals surface area contributed by atoms with Gasteiger partial charge in [-0.1, -0.05) is 50.6 Å². The summed E-state index contributed by atoms with van der Waals surface area (Å²) in [6.45, 7) is 4.65. The number of thiol groups is 1. The summed E-state index contributed by atoms with van der Waals surface area (Å²) in [5, 5.41) is 45.2. The summed E-state index contributed by atoms with van der Waals surface area (Å²) < 4.78 is 0. The van der Waals surface area contributed by atoms with E-state index in [-0.39, 0.29) is 75.7 Å². The van der Waals surface area contributed by atoms with E-state index >= 15 is 0 Å². The van der Waals surface area contributed by atoms with Gasteiger partial charge in [-0.3, -0.25) is 53.1 Å². The third kappa shape index (κ3) is 23.7. The van der Waals surface area contributed by atoms with E-state index in [9.17, 15) is 63.3 Å². The Kier molecular flexibility index (Phi) is 27.6. The van der Waals surface area contributed by atoms with Crippen LogP contribution in [0.2, 0.25) is 0 Å². The fraction of sp³-hybridized carbons (Fsp3) is 0.571. The molecule has 0 aromatic heterocycles. The molecule has 0 saturated carbocycles. The minimum Gasteiger partial charge on any atom is -0.481 e. The van der Waals surface area contributed by atoms with Gasteiger partial charge in [0.15, 0.2) is 11.9 Å². The number of carbonyl (C=O) groups is 10. The molecule has 0 aliphatic carbocycles. The van der Waals surface area contributed by atoms with Crippen LogP contribution in [0.15, 0.2) is 40.3 Å². The summed E-state index contributed by atoms with van der Waals surface area (Å²) in [4.78, 5) is 138. The predicted octanol–water partition coefficient (Wildman–Crippen LogP) is -4.52. The van der Waals surface area contributed by atoms with Gasteiger partial charge in [-0.25, -0.2) is 4.79 Å². The van der Waals surface area contributed by atoms with Gasteiger partial charge in [0, 0.05) is 31.7 Å². The second kappa shape index (κ2) is 31.7. The van der Waals surface area contributed by atoms with Crippen LogP contribution in [0.4, 0.5) is 0 Å². The number of aliphatic imine (C=N–C) groups is 2. The second-order valence-corrected chi connectivity index (χ2v) is 16.5. The molecular formula is C42H68N14O13S. The highest BCUT2D eigenvalue weighted by atomic mass is 32.1. The first-order chi connectivity index (χ1) is 32.9. The molecule has 9 atom stereocenters. The van der Waals surface area contributed by atoms with E-state index in [0.717, 1.165) is 0 Å². The van der Waals surface area contributed by atoms with Crippen LogP contribution in [-0.4, -0.2) is 154 Å². The molecule has 70 heavy (non-hydrogen) atoms. The SMILES string of the molecule is CC[C@H](C)[C@H](NC(=O)[C@H](CCCN=C(N)N)NC(=O)[C@H](Cc1ccccc1)NC(=O)[C@H](CS)NC(=O)[C@H](CCC(=O)O)NC(=O)[C@H](C)N)C(=O)N[C@@H](CCCN=C(N)N)C(=O)N[C@@H](CC(=O)O)C(=O)O. The van der Waals surface area contributed by atoms with Crippen molar-refractivity contribution >= 4 is 83.8 Å². The minimum absolute atomic E-state index is 0.00126. The van der Waals surface area contributed by atoms with Crippen LogP contribution < -0.4 is 65.9 Å². The predicted molar refractivity (Wildman–Crippen MR) is 257 cm³/mol. The number of aliphatic carboxylic acids is 3. The zero-order chi connectivity index (χ0) is 53.1. The zero-order valence-corrected chi connectivity index (χ0v) is 40.1. The van der Waals surface area contributed by atoms with E-state index < -0.39 is 126 Å². The van der Waals surface area contributed by atoms with Crippen molar-refractivity contribution in [3.63, 3.8) is 0 Å². The highest BCUT2D eigenvalue weighted by Gasteiger charge is 2.36. The Morgan fingerprint density at radius 2 is 1.00 bits per heavy atom. The third-order valence-corrected chi connectivity index (χ3v) is 10.7. The Bertz CT molecular complexity index is 2020. The highest BCUT2D eigenvalue weighted by molar-refractivity contribution is 7.80. The van der Waals surface area contributed by atoms with Gasteiger partial charge in [0.05, 0.1) is 12.5 Å². The lowest BCUT2D eigenvalue weighted by atomic mass is 9.96. The summed E-state index contributed by atoms with van der Waals surface area (Å²) in [5.41, 5.74) is 27.9. The number of rotatable bonds is 33. The van der Waals surface area contributed by atoms with Crippen molar-refractivity contribution in [2.24, 2.45) is 44.6 Å². The van der Waals surface area contributed by atoms with Crippen molar-refractivity contribution in [3.05, 3.63) is 35.9 Å². The number of nitrogens with zero attached hydrogens (tertiary/aromatic N) is 2. The molecule has 1 aromatic carbocycles.